The lowest BCUT2D eigenvalue weighted by atomic mass is 10.1. The average molecular weight is 248 g/mol. The van der Waals surface area contributed by atoms with Crippen LogP contribution < -0.4 is 5.32 Å². The molecular formula is C14H20N2O2. The molecule has 0 atom stereocenters. The summed E-state index contributed by atoms with van der Waals surface area (Å²) < 4.78 is 5.32. The van der Waals surface area contributed by atoms with E-state index >= 15 is 0 Å². The van der Waals surface area contributed by atoms with Crippen molar-refractivity contribution in [2.24, 2.45) is 0 Å². The largest absolute Gasteiger partial charge is 0.379 e. The Morgan fingerprint density at radius 2 is 1.94 bits per heavy atom. The van der Waals surface area contributed by atoms with Gasteiger partial charge in [0.1, 0.15) is 0 Å². The second-order valence-electron chi connectivity index (χ2n) is 4.58. The number of anilines is 1. The minimum atomic E-state index is -0.0314. The predicted octanol–water partition coefficient (Wildman–Crippen LogP) is 1.52. The third-order valence-electron chi connectivity index (χ3n) is 3.09. The summed E-state index contributed by atoms with van der Waals surface area (Å²) in [4.78, 5) is 13.3. The van der Waals surface area contributed by atoms with Crippen molar-refractivity contribution in [2.45, 2.75) is 13.3 Å². The monoisotopic (exact) mass is 248 g/mol. The number of nitrogens with zero attached hydrogens (tertiary/aromatic N) is 1. The normalized spacial score (nSPS) is 16.5. The fourth-order valence-corrected chi connectivity index (χ4v) is 2.07. The van der Waals surface area contributed by atoms with Gasteiger partial charge in [0.2, 0.25) is 5.91 Å². The molecule has 1 N–H and O–H groups in total. The molecule has 0 unspecified atom stereocenters. The molecular weight excluding hydrogens is 228 g/mol. The van der Waals surface area contributed by atoms with Gasteiger partial charge in [-0.15, -0.1) is 0 Å². The first-order valence-corrected chi connectivity index (χ1v) is 6.41. The van der Waals surface area contributed by atoms with Gasteiger partial charge in [-0.05, 0) is 24.1 Å². The Labute approximate surface area is 108 Å². The SMILES string of the molecule is CC(=O)Nc1ccc(CCN2CCOCC2)cc1. The van der Waals surface area contributed by atoms with Crippen LogP contribution in [0.4, 0.5) is 5.69 Å². The average Bonchev–Trinajstić information content (AvgIpc) is 2.38. The van der Waals surface area contributed by atoms with E-state index in [4.69, 9.17) is 4.74 Å². The van der Waals surface area contributed by atoms with Gasteiger partial charge in [0.15, 0.2) is 0 Å². The topological polar surface area (TPSA) is 41.6 Å². The van der Waals surface area contributed by atoms with E-state index in [1.54, 1.807) is 0 Å². The highest BCUT2D eigenvalue weighted by atomic mass is 16.5. The van der Waals surface area contributed by atoms with Crippen LogP contribution in [0.25, 0.3) is 0 Å². The predicted molar refractivity (Wildman–Crippen MR) is 71.7 cm³/mol. The summed E-state index contributed by atoms with van der Waals surface area (Å²) in [6.45, 7) is 6.35. The van der Waals surface area contributed by atoms with Crippen LogP contribution in [0.15, 0.2) is 24.3 Å². The first-order chi connectivity index (χ1) is 8.74. The van der Waals surface area contributed by atoms with Crippen LogP contribution in [0.3, 0.4) is 0 Å². The Bertz CT molecular complexity index is 383. The van der Waals surface area contributed by atoms with Crippen molar-refractivity contribution >= 4 is 11.6 Å². The minimum absolute atomic E-state index is 0.0314. The molecule has 1 aromatic rings. The molecule has 0 aliphatic carbocycles. The van der Waals surface area contributed by atoms with Crippen LogP contribution in [0.2, 0.25) is 0 Å². The number of hydrogen-bond donors (Lipinski definition) is 1. The molecule has 1 fully saturated rings. The zero-order valence-corrected chi connectivity index (χ0v) is 10.8. The molecule has 0 aromatic heterocycles. The molecule has 0 spiro atoms. The lowest BCUT2D eigenvalue weighted by Gasteiger charge is -2.26. The number of hydrogen-bond acceptors (Lipinski definition) is 3. The number of benzene rings is 1. The van der Waals surface area contributed by atoms with Gasteiger partial charge in [-0.3, -0.25) is 9.69 Å². The van der Waals surface area contributed by atoms with E-state index < -0.39 is 0 Å². The van der Waals surface area contributed by atoms with E-state index in [9.17, 15) is 4.79 Å². The summed E-state index contributed by atoms with van der Waals surface area (Å²) >= 11 is 0. The van der Waals surface area contributed by atoms with Crippen molar-refractivity contribution in [1.82, 2.24) is 4.90 Å². The van der Waals surface area contributed by atoms with Crippen LogP contribution in [0, 0.1) is 0 Å². The molecule has 1 aliphatic rings. The van der Waals surface area contributed by atoms with E-state index in [0.29, 0.717) is 0 Å². The van der Waals surface area contributed by atoms with Crippen molar-refractivity contribution in [3.63, 3.8) is 0 Å². The smallest absolute Gasteiger partial charge is 0.221 e. The number of nitrogens with one attached hydrogen (secondary N) is 1. The second kappa shape index (κ2) is 6.52. The van der Waals surface area contributed by atoms with Crippen molar-refractivity contribution in [3.8, 4) is 0 Å². The molecule has 0 radical (unpaired) electrons. The molecule has 1 saturated heterocycles. The summed E-state index contributed by atoms with van der Waals surface area (Å²) in [5.41, 5.74) is 2.16. The first kappa shape index (κ1) is 13.1. The van der Waals surface area contributed by atoms with Gasteiger partial charge in [-0.1, -0.05) is 12.1 Å². The summed E-state index contributed by atoms with van der Waals surface area (Å²) in [7, 11) is 0. The third kappa shape index (κ3) is 4.13. The number of carbonyl (C=O) groups is 1. The highest BCUT2D eigenvalue weighted by molar-refractivity contribution is 5.88. The molecule has 4 nitrogen and oxygen atoms in total. The van der Waals surface area contributed by atoms with Gasteiger partial charge in [0.25, 0.3) is 0 Å². The van der Waals surface area contributed by atoms with Gasteiger partial charge >= 0.3 is 0 Å². The third-order valence-corrected chi connectivity index (χ3v) is 3.09. The van der Waals surface area contributed by atoms with Crippen LogP contribution in [0.1, 0.15) is 12.5 Å². The molecule has 1 aliphatic heterocycles. The molecule has 18 heavy (non-hydrogen) atoms. The van der Waals surface area contributed by atoms with E-state index in [2.05, 4.69) is 22.3 Å². The Balaban J connectivity index is 1.80. The Hall–Kier alpha value is -1.39. The number of ether oxygens (including phenoxy) is 1. The van der Waals surface area contributed by atoms with E-state index in [1.807, 2.05) is 12.1 Å². The van der Waals surface area contributed by atoms with Crippen molar-refractivity contribution in [1.29, 1.82) is 0 Å². The molecule has 0 bridgehead atoms. The molecule has 4 heteroatoms. The fourth-order valence-electron chi connectivity index (χ4n) is 2.07. The summed E-state index contributed by atoms with van der Waals surface area (Å²) in [5.74, 6) is -0.0314. The van der Waals surface area contributed by atoms with Gasteiger partial charge in [-0.25, -0.2) is 0 Å². The van der Waals surface area contributed by atoms with Crippen molar-refractivity contribution < 1.29 is 9.53 Å². The molecule has 0 saturated carbocycles. The zero-order chi connectivity index (χ0) is 12.8. The summed E-state index contributed by atoms with van der Waals surface area (Å²) in [5, 5.41) is 2.77. The number of rotatable bonds is 4. The van der Waals surface area contributed by atoms with Crippen molar-refractivity contribution in [2.75, 3.05) is 38.2 Å². The van der Waals surface area contributed by atoms with E-state index in [-0.39, 0.29) is 5.91 Å². The van der Waals surface area contributed by atoms with Crippen LogP contribution in [-0.4, -0.2) is 43.7 Å². The molecule has 98 valence electrons. The zero-order valence-electron chi connectivity index (χ0n) is 10.8. The lowest BCUT2D eigenvalue weighted by molar-refractivity contribution is -0.114. The van der Waals surface area contributed by atoms with Gasteiger partial charge < -0.3 is 10.1 Å². The molecule has 1 aromatic carbocycles. The van der Waals surface area contributed by atoms with Gasteiger partial charge in [0, 0.05) is 32.2 Å². The standard InChI is InChI=1S/C14H20N2O2/c1-12(17)15-14-4-2-13(3-5-14)6-7-16-8-10-18-11-9-16/h2-5H,6-11H2,1H3,(H,15,17). The maximum atomic E-state index is 10.9. The van der Waals surface area contributed by atoms with E-state index in [1.165, 1.54) is 12.5 Å². The number of carbonyl (C=O) groups excluding carboxylic acids is 1. The maximum absolute atomic E-state index is 10.9. The molecule has 2 rings (SSSR count). The number of amides is 1. The summed E-state index contributed by atoms with van der Waals surface area (Å²) in [6, 6.07) is 8.06. The Morgan fingerprint density at radius 3 is 2.56 bits per heavy atom. The minimum Gasteiger partial charge on any atom is -0.379 e. The van der Waals surface area contributed by atoms with Crippen molar-refractivity contribution in [3.05, 3.63) is 29.8 Å². The van der Waals surface area contributed by atoms with Crippen LogP contribution in [-0.2, 0) is 16.0 Å². The first-order valence-electron chi connectivity index (χ1n) is 6.41. The molecule has 1 amide bonds. The lowest BCUT2D eigenvalue weighted by Crippen LogP contribution is -2.37. The Kier molecular flexibility index (Phi) is 4.73. The molecule has 1 heterocycles. The highest BCUT2D eigenvalue weighted by Crippen LogP contribution is 2.10. The van der Waals surface area contributed by atoms with Crippen LogP contribution in [0.5, 0.6) is 0 Å². The van der Waals surface area contributed by atoms with Gasteiger partial charge in [0.05, 0.1) is 13.2 Å². The maximum Gasteiger partial charge on any atom is 0.221 e. The van der Waals surface area contributed by atoms with E-state index in [0.717, 1.165) is 45.0 Å². The fraction of sp³-hybridized carbons (Fsp3) is 0.500. The van der Waals surface area contributed by atoms with Crippen LogP contribution >= 0.6 is 0 Å². The Morgan fingerprint density at radius 1 is 1.28 bits per heavy atom. The summed E-state index contributed by atoms with van der Waals surface area (Å²) in [6.07, 6.45) is 1.04. The van der Waals surface area contributed by atoms with Gasteiger partial charge in [-0.2, -0.15) is 0 Å². The quantitative estimate of drug-likeness (QED) is 0.878. The number of morpholine rings is 1. The highest BCUT2D eigenvalue weighted by Gasteiger charge is 2.09. The second-order valence-corrected chi connectivity index (χ2v) is 4.58.